The molecule has 0 amide bonds. The molecule has 0 bridgehead atoms. The topological polar surface area (TPSA) is 34.1 Å². The van der Waals surface area contributed by atoms with Crippen molar-refractivity contribution in [2.24, 2.45) is 4.99 Å². The second-order valence-electron chi connectivity index (χ2n) is 7.12. The molecule has 1 fully saturated rings. The number of aliphatic imine (C=N–C) groups is 1. The number of nitrogens with zero attached hydrogens (tertiary/aromatic N) is 4. The average molecular weight is 473 g/mol. The fourth-order valence-corrected chi connectivity index (χ4v) is 3.19. The Labute approximate surface area is 176 Å². The highest BCUT2D eigenvalue weighted by Crippen LogP contribution is 2.09. The largest absolute Gasteiger partial charge is 0.357 e. The molecule has 0 spiro atoms. The summed E-state index contributed by atoms with van der Waals surface area (Å²) in [6, 6.07) is 9.38. The summed E-state index contributed by atoms with van der Waals surface area (Å²) in [6.45, 7) is 10.3. The Morgan fingerprint density at radius 2 is 1.81 bits per heavy atom. The van der Waals surface area contributed by atoms with Gasteiger partial charge in [-0.25, -0.2) is 0 Å². The first-order chi connectivity index (χ1) is 12.0. The van der Waals surface area contributed by atoms with Crippen molar-refractivity contribution in [3.8, 4) is 0 Å². The van der Waals surface area contributed by atoms with Crippen molar-refractivity contribution in [3.63, 3.8) is 0 Å². The third-order valence-electron chi connectivity index (χ3n) is 4.98. The lowest BCUT2D eigenvalue weighted by Crippen LogP contribution is -2.51. The molecular weight excluding hydrogens is 437 g/mol. The number of likely N-dealkylation sites (N-methyl/N-ethyl adjacent to an activating group) is 2. The molecule has 1 atom stereocenters. The summed E-state index contributed by atoms with van der Waals surface area (Å²) in [7, 11) is 6.52. The first-order valence-electron chi connectivity index (χ1n) is 9.49. The summed E-state index contributed by atoms with van der Waals surface area (Å²) >= 11 is 0. The van der Waals surface area contributed by atoms with Crippen LogP contribution in [0.1, 0.15) is 25.0 Å². The molecular formula is C20H36IN5. The molecule has 26 heavy (non-hydrogen) atoms. The lowest BCUT2D eigenvalue weighted by atomic mass is 10.1. The van der Waals surface area contributed by atoms with Crippen LogP contribution in [0.4, 0.5) is 0 Å². The van der Waals surface area contributed by atoms with Gasteiger partial charge in [-0.05, 0) is 38.6 Å². The Kier molecular flexibility index (Phi) is 10.5. The van der Waals surface area contributed by atoms with E-state index in [1.54, 1.807) is 0 Å². The predicted octanol–water partition coefficient (Wildman–Crippen LogP) is 2.51. The zero-order chi connectivity index (χ0) is 18.2. The van der Waals surface area contributed by atoms with E-state index in [2.05, 4.69) is 79.3 Å². The summed E-state index contributed by atoms with van der Waals surface area (Å²) in [4.78, 5) is 12.0. The number of piperazine rings is 1. The van der Waals surface area contributed by atoms with E-state index in [4.69, 9.17) is 4.99 Å². The molecule has 1 aromatic carbocycles. The van der Waals surface area contributed by atoms with Crippen LogP contribution in [0.15, 0.2) is 29.3 Å². The fourth-order valence-electron chi connectivity index (χ4n) is 3.19. The minimum atomic E-state index is 0. The van der Waals surface area contributed by atoms with Gasteiger partial charge >= 0.3 is 0 Å². The van der Waals surface area contributed by atoms with Gasteiger partial charge in [0.05, 0.1) is 6.54 Å². The lowest BCUT2D eigenvalue weighted by Gasteiger charge is -2.37. The van der Waals surface area contributed by atoms with Crippen LogP contribution < -0.4 is 5.32 Å². The lowest BCUT2D eigenvalue weighted by molar-refractivity contribution is 0.119. The molecule has 2 rings (SSSR count). The first kappa shape index (κ1) is 23.2. The number of rotatable bonds is 6. The van der Waals surface area contributed by atoms with E-state index in [1.165, 1.54) is 11.1 Å². The summed E-state index contributed by atoms with van der Waals surface area (Å²) in [6.07, 6.45) is 1.09. The zero-order valence-corrected chi connectivity index (χ0v) is 19.4. The number of guanidine groups is 1. The standard InChI is InChI=1S/C20H35N5.HI/c1-6-17-8-10-18(11-9-17)15-25(5)20(21-7-2)22-14-19-16-23(3)12-13-24(19)4;/h8-11,19H,6-7,12-16H2,1-5H3,(H,21,22);1H. The van der Waals surface area contributed by atoms with E-state index in [1.807, 2.05) is 0 Å². The van der Waals surface area contributed by atoms with Gasteiger partial charge in [0.15, 0.2) is 5.96 Å². The maximum atomic E-state index is 4.91. The zero-order valence-electron chi connectivity index (χ0n) is 17.0. The molecule has 1 aliphatic heterocycles. The molecule has 1 N–H and O–H groups in total. The molecule has 148 valence electrons. The Morgan fingerprint density at radius 3 is 2.42 bits per heavy atom. The second-order valence-corrected chi connectivity index (χ2v) is 7.12. The summed E-state index contributed by atoms with van der Waals surface area (Å²) < 4.78 is 0. The van der Waals surface area contributed by atoms with Gasteiger partial charge in [0.2, 0.25) is 0 Å². The van der Waals surface area contributed by atoms with Crippen LogP contribution in [0.2, 0.25) is 0 Å². The van der Waals surface area contributed by atoms with E-state index in [-0.39, 0.29) is 24.0 Å². The smallest absolute Gasteiger partial charge is 0.194 e. The van der Waals surface area contributed by atoms with Gasteiger partial charge in [-0.2, -0.15) is 0 Å². The monoisotopic (exact) mass is 473 g/mol. The molecule has 5 nitrogen and oxygen atoms in total. The number of halogens is 1. The Bertz CT molecular complexity index is 546. The predicted molar refractivity (Wildman–Crippen MR) is 123 cm³/mol. The first-order valence-corrected chi connectivity index (χ1v) is 9.49. The van der Waals surface area contributed by atoms with Gasteiger partial charge in [-0.3, -0.25) is 9.89 Å². The van der Waals surface area contributed by atoms with E-state index in [0.29, 0.717) is 6.04 Å². The van der Waals surface area contributed by atoms with E-state index in [0.717, 1.165) is 51.6 Å². The highest BCUT2D eigenvalue weighted by Gasteiger charge is 2.22. The second kappa shape index (κ2) is 11.8. The SMILES string of the molecule is CCNC(=NCC1CN(C)CCN1C)N(C)Cc1ccc(CC)cc1.I. The molecule has 1 saturated heterocycles. The minimum absolute atomic E-state index is 0. The Hall–Kier alpha value is -0.860. The van der Waals surface area contributed by atoms with Gasteiger partial charge in [0, 0.05) is 45.8 Å². The molecule has 0 aromatic heterocycles. The molecule has 1 aromatic rings. The van der Waals surface area contributed by atoms with Gasteiger partial charge in [0.1, 0.15) is 0 Å². The Balaban J connectivity index is 0.00000338. The van der Waals surface area contributed by atoms with Crippen LogP contribution in [0, 0.1) is 0 Å². The number of nitrogens with one attached hydrogen (secondary N) is 1. The van der Waals surface area contributed by atoms with Gasteiger partial charge in [0.25, 0.3) is 0 Å². The molecule has 0 aliphatic carbocycles. The van der Waals surface area contributed by atoms with E-state index < -0.39 is 0 Å². The highest BCUT2D eigenvalue weighted by molar-refractivity contribution is 14.0. The third-order valence-corrected chi connectivity index (χ3v) is 4.98. The van der Waals surface area contributed by atoms with Crippen molar-refractivity contribution in [3.05, 3.63) is 35.4 Å². The van der Waals surface area contributed by atoms with Crippen LogP contribution in [0.5, 0.6) is 0 Å². The van der Waals surface area contributed by atoms with Crippen LogP contribution >= 0.6 is 24.0 Å². The molecule has 0 saturated carbocycles. The van der Waals surface area contributed by atoms with Gasteiger partial charge in [-0.15, -0.1) is 24.0 Å². The average Bonchev–Trinajstić information content (AvgIpc) is 2.61. The molecule has 6 heteroatoms. The molecule has 1 unspecified atom stereocenters. The number of hydrogen-bond acceptors (Lipinski definition) is 3. The maximum Gasteiger partial charge on any atom is 0.194 e. The number of benzene rings is 1. The summed E-state index contributed by atoms with van der Waals surface area (Å²) in [5, 5.41) is 3.43. The molecule has 1 heterocycles. The van der Waals surface area contributed by atoms with Crippen LogP contribution in [-0.2, 0) is 13.0 Å². The summed E-state index contributed by atoms with van der Waals surface area (Å²) in [5.74, 6) is 0.990. The Morgan fingerprint density at radius 1 is 1.15 bits per heavy atom. The van der Waals surface area contributed by atoms with Crippen molar-refractivity contribution in [2.45, 2.75) is 32.9 Å². The highest BCUT2D eigenvalue weighted by atomic mass is 127. The molecule has 0 radical (unpaired) electrons. The minimum Gasteiger partial charge on any atom is -0.357 e. The maximum absolute atomic E-state index is 4.91. The quantitative estimate of drug-likeness (QED) is 0.391. The van der Waals surface area contributed by atoms with Crippen LogP contribution in [0.3, 0.4) is 0 Å². The fraction of sp³-hybridized carbons (Fsp3) is 0.650. The van der Waals surface area contributed by atoms with Crippen molar-refractivity contribution >= 4 is 29.9 Å². The normalized spacial score (nSPS) is 19.1. The number of aryl methyl sites for hydroxylation is 1. The summed E-state index contributed by atoms with van der Waals surface area (Å²) in [5.41, 5.74) is 2.70. The van der Waals surface area contributed by atoms with Gasteiger partial charge < -0.3 is 15.1 Å². The van der Waals surface area contributed by atoms with Crippen LogP contribution in [-0.4, -0.2) is 80.6 Å². The van der Waals surface area contributed by atoms with Crippen molar-refractivity contribution < 1.29 is 0 Å². The third kappa shape index (κ3) is 7.04. The molecule has 1 aliphatic rings. The van der Waals surface area contributed by atoms with Crippen molar-refractivity contribution in [1.82, 2.24) is 20.0 Å². The van der Waals surface area contributed by atoms with E-state index >= 15 is 0 Å². The van der Waals surface area contributed by atoms with Crippen molar-refractivity contribution in [1.29, 1.82) is 0 Å². The number of hydrogen-bond donors (Lipinski definition) is 1. The van der Waals surface area contributed by atoms with Crippen LogP contribution in [0.25, 0.3) is 0 Å². The van der Waals surface area contributed by atoms with Gasteiger partial charge in [-0.1, -0.05) is 31.2 Å². The van der Waals surface area contributed by atoms with E-state index in [9.17, 15) is 0 Å². The van der Waals surface area contributed by atoms with Crippen molar-refractivity contribution in [2.75, 3.05) is 53.9 Å².